The van der Waals surface area contributed by atoms with Crippen LogP contribution in [-0.4, -0.2) is 5.16 Å². The maximum atomic E-state index is 13.6. The molecule has 5 heteroatoms. The van der Waals surface area contributed by atoms with Crippen molar-refractivity contribution in [3.05, 3.63) is 34.7 Å². The van der Waals surface area contributed by atoms with E-state index in [9.17, 15) is 4.39 Å². The van der Waals surface area contributed by atoms with Gasteiger partial charge in [0.2, 0.25) is 5.88 Å². The van der Waals surface area contributed by atoms with Crippen LogP contribution in [0.15, 0.2) is 33.4 Å². The minimum atomic E-state index is -0.373. The molecule has 2 N–H and O–H groups in total. The van der Waals surface area contributed by atoms with Gasteiger partial charge in [-0.3, -0.25) is 0 Å². The zero-order valence-corrected chi connectivity index (χ0v) is 8.58. The molecule has 0 aliphatic carbocycles. The number of aromatic nitrogens is 1. The molecule has 0 radical (unpaired) electrons. The van der Waals surface area contributed by atoms with Crippen molar-refractivity contribution in [1.29, 1.82) is 0 Å². The van der Waals surface area contributed by atoms with Crippen molar-refractivity contribution in [2.45, 2.75) is 0 Å². The highest BCUT2D eigenvalue weighted by atomic mass is 79.9. The fourth-order valence-electron chi connectivity index (χ4n) is 1.16. The van der Waals surface area contributed by atoms with Gasteiger partial charge in [-0.25, -0.2) is 4.39 Å². The number of benzene rings is 1. The van der Waals surface area contributed by atoms with Gasteiger partial charge >= 0.3 is 0 Å². The van der Waals surface area contributed by atoms with Gasteiger partial charge in [-0.05, 0) is 22.0 Å². The van der Waals surface area contributed by atoms with E-state index in [4.69, 9.17) is 5.73 Å². The van der Waals surface area contributed by atoms with Crippen LogP contribution in [0, 0.1) is 5.82 Å². The summed E-state index contributed by atoms with van der Waals surface area (Å²) in [5.41, 5.74) is 6.32. The van der Waals surface area contributed by atoms with Crippen molar-refractivity contribution >= 4 is 21.8 Å². The number of nitrogen functional groups attached to an aromatic ring is 1. The van der Waals surface area contributed by atoms with E-state index in [2.05, 4.69) is 25.6 Å². The maximum Gasteiger partial charge on any atom is 0.230 e. The number of halogens is 2. The lowest BCUT2D eigenvalue weighted by molar-refractivity contribution is 0.436. The Morgan fingerprint density at radius 3 is 2.79 bits per heavy atom. The molecule has 0 aliphatic rings. The highest BCUT2D eigenvalue weighted by molar-refractivity contribution is 9.10. The van der Waals surface area contributed by atoms with Gasteiger partial charge in [0.1, 0.15) is 5.82 Å². The standard InChI is InChI=1S/C9H6BrFN2O/c10-7-3-1-2-5(8(7)11)6-4-13-14-9(6)12/h1-4H,12H2. The Bertz CT molecular complexity index is 470. The summed E-state index contributed by atoms with van der Waals surface area (Å²) in [4.78, 5) is 0. The SMILES string of the molecule is Nc1oncc1-c1cccc(Br)c1F. The van der Waals surface area contributed by atoms with E-state index in [0.29, 0.717) is 15.6 Å². The molecule has 0 bridgehead atoms. The van der Waals surface area contributed by atoms with E-state index >= 15 is 0 Å². The molecule has 1 heterocycles. The molecule has 1 aromatic carbocycles. The minimum absolute atomic E-state index is 0.113. The fourth-order valence-corrected chi connectivity index (χ4v) is 1.53. The lowest BCUT2D eigenvalue weighted by atomic mass is 10.1. The van der Waals surface area contributed by atoms with Gasteiger partial charge in [0, 0.05) is 5.56 Å². The molecule has 0 saturated heterocycles. The number of hydrogen-bond donors (Lipinski definition) is 1. The molecule has 0 unspecified atom stereocenters. The van der Waals surface area contributed by atoms with Gasteiger partial charge in [0.15, 0.2) is 0 Å². The summed E-state index contributed by atoms with van der Waals surface area (Å²) >= 11 is 3.09. The molecule has 0 amide bonds. The molecule has 2 rings (SSSR count). The quantitative estimate of drug-likeness (QED) is 0.854. The first-order valence-corrected chi connectivity index (χ1v) is 4.64. The summed E-state index contributed by atoms with van der Waals surface area (Å²) in [6.07, 6.45) is 1.39. The average Bonchev–Trinajstić information content (AvgIpc) is 2.57. The lowest BCUT2D eigenvalue weighted by Crippen LogP contribution is -1.88. The van der Waals surface area contributed by atoms with Crippen LogP contribution in [-0.2, 0) is 0 Å². The van der Waals surface area contributed by atoms with Crippen LogP contribution in [0.4, 0.5) is 10.3 Å². The molecule has 3 nitrogen and oxygen atoms in total. The van der Waals surface area contributed by atoms with Crippen molar-refractivity contribution in [3.63, 3.8) is 0 Å². The normalized spacial score (nSPS) is 10.4. The number of nitrogens with two attached hydrogens (primary N) is 1. The summed E-state index contributed by atoms with van der Waals surface area (Å²) in [5.74, 6) is -0.260. The molecule has 14 heavy (non-hydrogen) atoms. The molecule has 1 aromatic heterocycles. The number of rotatable bonds is 1. The van der Waals surface area contributed by atoms with E-state index in [1.807, 2.05) is 0 Å². The number of anilines is 1. The van der Waals surface area contributed by atoms with Gasteiger partial charge in [-0.15, -0.1) is 0 Å². The van der Waals surface area contributed by atoms with Crippen LogP contribution in [0.3, 0.4) is 0 Å². The van der Waals surface area contributed by atoms with Crippen molar-refractivity contribution in [2.24, 2.45) is 0 Å². The Morgan fingerprint density at radius 2 is 2.14 bits per heavy atom. The van der Waals surface area contributed by atoms with E-state index in [0.717, 1.165) is 0 Å². The summed E-state index contributed by atoms with van der Waals surface area (Å²) < 4.78 is 18.6. The predicted octanol–water partition coefficient (Wildman–Crippen LogP) is 2.83. The van der Waals surface area contributed by atoms with Gasteiger partial charge in [0.05, 0.1) is 16.2 Å². The topological polar surface area (TPSA) is 52.0 Å². The Kier molecular flexibility index (Phi) is 2.25. The maximum absolute atomic E-state index is 13.6. The van der Waals surface area contributed by atoms with Crippen molar-refractivity contribution < 1.29 is 8.91 Å². The summed E-state index contributed by atoms with van der Waals surface area (Å²) in [6, 6.07) is 4.94. The zero-order valence-electron chi connectivity index (χ0n) is 7.00. The molecule has 0 spiro atoms. The molecule has 0 saturated carbocycles. The first-order chi connectivity index (χ1) is 6.70. The second-order valence-corrected chi connectivity index (χ2v) is 3.56. The largest absolute Gasteiger partial charge is 0.367 e. The monoisotopic (exact) mass is 256 g/mol. The Labute approximate surface area is 87.8 Å². The van der Waals surface area contributed by atoms with E-state index in [-0.39, 0.29) is 11.7 Å². The first-order valence-electron chi connectivity index (χ1n) is 3.84. The summed E-state index contributed by atoms with van der Waals surface area (Å²) in [7, 11) is 0. The molecule has 0 atom stereocenters. The molecular formula is C9H6BrFN2O. The van der Waals surface area contributed by atoms with Crippen LogP contribution in [0.2, 0.25) is 0 Å². The van der Waals surface area contributed by atoms with Crippen LogP contribution >= 0.6 is 15.9 Å². The zero-order chi connectivity index (χ0) is 10.1. The lowest BCUT2D eigenvalue weighted by Gasteiger charge is -2.01. The molecule has 2 aromatic rings. The molecule has 0 fully saturated rings. The smallest absolute Gasteiger partial charge is 0.230 e. The van der Waals surface area contributed by atoms with Crippen LogP contribution < -0.4 is 5.73 Å². The second-order valence-electron chi connectivity index (χ2n) is 2.71. The molecule has 0 aliphatic heterocycles. The van der Waals surface area contributed by atoms with Crippen LogP contribution in [0.25, 0.3) is 11.1 Å². The third kappa shape index (κ3) is 1.39. The second kappa shape index (κ2) is 3.42. The van der Waals surface area contributed by atoms with E-state index in [1.54, 1.807) is 18.2 Å². The van der Waals surface area contributed by atoms with E-state index < -0.39 is 0 Å². The first kappa shape index (κ1) is 9.21. The van der Waals surface area contributed by atoms with Gasteiger partial charge in [-0.2, -0.15) is 0 Å². The highest BCUT2D eigenvalue weighted by Gasteiger charge is 2.13. The number of nitrogens with zero attached hydrogens (tertiary/aromatic N) is 1. The average molecular weight is 257 g/mol. The van der Waals surface area contributed by atoms with Gasteiger partial charge in [0.25, 0.3) is 0 Å². The van der Waals surface area contributed by atoms with Gasteiger partial charge in [-0.1, -0.05) is 17.3 Å². The van der Waals surface area contributed by atoms with Crippen molar-refractivity contribution in [2.75, 3.05) is 5.73 Å². The number of hydrogen-bond acceptors (Lipinski definition) is 3. The Morgan fingerprint density at radius 1 is 1.36 bits per heavy atom. The third-order valence-electron chi connectivity index (χ3n) is 1.84. The van der Waals surface area contributed by atoms with Crippen LogP contribution in [0.5, 0.6) is 0 Å². The fraction of sp³-hybridized carbons (Fsp3) is 0. The van der Waals surface area contributed by atoms with Crippen molar-refractivity contribution in [1.82, 2.24) is 5.16 Å². The molecular weight excluding hydrogens is 251 g/mol. The van der Waals surface area contributed by atoms with Crippen LogP contribution in [0.1, 0.15) is 0 Å². The summed E-state index contributed by atoms with van der Waals surface area (Å²) in [5, 5.41) is 3.49. The van der Waals surface area contributed by atoms with Gasteiger partial charge < -0.3 is 10.3 Å². The molecule has 72 valence electrons. The Hall–Kier alpha value is -1.36. The van der Waals surface area contributed by atoms with Crippen molar-refractivity contribution in [3.8, 4) is 11.1 Å². The van der Waals surface area contributed by atoms with E-state index in [1.165, 1.54) is 6.20 Å². The predicted molar refractivity (Wildman–Crippen MR) is 54.0 cm³/mol. The summed E-state index contributed by atoms with van der Waals surface area (Å²) in [6.45, 7) is 0. The highest BCUT2D eigenvalue weighted by Crippen LogP contribution is 2.31. The Balaban J connectivity index is 2.63. The third-order valence-corrected chi connectivity index (χ3v) is 2.45. The minimum Gasteiger partial charge on any atom is -0.367 e.